The fraction of sp³-hybridized carbons (Fsp3) is 0.182. The zero-order valence-electron chi connectivity index (χ0n) is 10.3. The van der Waals surface area contributed by atoms with Crippen LogP contribution in [0.25, 0.3) is 0 Å². The van der Waals surface area contributed by atoms with Gasteiger partial charge in [0.1, 0.15) is 5.25 Å². The summed E-state index contributed by atoms with van der Waals surface area (Å²) in [5, 5.41) is 7.73. The first-order chi connectivity index (χ1) is 9.13. The molecule has 5 N–H and O–H groups in total. The SMILES string of the molecule is Cn1c(N)nnc1SC(C(=O)NN)c1ccccc1. The smallest absolute Gasteiger partial charge is 0.251 e. The van der Waals surface area contributed by atoms with Crippen LogP contribution in [0.1, 0.15) is 10.8 Å². The van der Waals surface area contributed by atoms with E-state index in [1.807, 2.05) is 30.3 Å². The molecule has 0 saturated carbocycles. The number of hydrogen-bond donors (Lipinski definition) is 3. The van der Waals surface area contributed by atoms with Crippen molar-refractivity contribution in [2.24, 2.45) is 12.9 Å². The van der Waals surface area contributed by atoms with Gasteiger partial charge >= 0.3 is 0 Å². The Labute approximate surface area is 114 Å². The highest BCUT2D eigenvalue weighted by molar-refractivity contribution is 8.00. The van der Waals surface area contributed by atoms with Gasteiger partial charge in [-0.2, -0.15) is 0 Å². The van der Waals surface area contributed by atoms with E-state index in [4.69, 9.17) is 11.6 Å². The maximum absolute atomic E-state index is 11.9. The number of thioether (sulfide) groups is 1. The van der Waals surface area contributed by atoms with Crippen LogP contribution < -0.4 is 17.0 Å². The lowest BCUT2D eigenvalue weighted by atomic mass is 10.1. The summed E-state index contributed by atoms with van der Waals surface area (Å²) in [5.74, 6) is 5.21. The number of nitrogens with zero attached hydrogens (tertiary/aromatic N) is 3. The lowest BCUT2D eigenvalue weighted by Crippen LogP contribution is -2.33. The number of hydrogen-bond acceptors (Lipinski definition) is 6. The molecule has 8 heteroatoms. The second-order valence-electron chi connectivity index (χ2n) is 3.82. The van der Waals surface area contributed by atoms with E-state index >= 15 is 0 Å². The topological polar surface area (TPSA) is 112 Å². The van der Waals surface area contributed by atoms with Gasteiger partial charge in [0.2, 0.25) is 5.95 Å². The molecule has 0 aliphatic heterocycles. The summed E-state index contributed by atoms with van der Waals surface area (Å²) in [6.45, 7) is 0. The predicted molar refractivity (Wildman–Crippen MR) is 72.8 cm³/mol. The average molecular weight is 278 g/mol. The number of aromatic nitrogens is 3. The number of carbonyl (C=O) groups is 1. The van der Waals surface area contributed by atoms with Crippen molar-refractivity contribution in [3.05, 3.63) is 35.9 Å². The van der Waals surface area contributed by atoms with E-state index in [0.29, 0.717) is 11.1 Å². The van der Waals surface area contributed by atoms with Crippen LogP contribution in [0.3, 0.4) is 0 Å². The highest BCUT2D eigenvalue weighted by Gasteiger charge is 2.23. The normalized spacial score (nSPS) is 12.1. The molecule has 7 nitrogen and oxygen atoms in total. The summed E-state index contributed by atoms with van der Waals surface area (Å²) < 4.78 is 1.62. The van der Waals surface area contributed by atoms with E-state index in [2.05, 4.69) is 15.6 Å². The summed E-state index contributed by atoms with van der Waals surface area (Å²) in [6, 6.07) is 9.31. The van der Waals surface area contributed by atoms with Gasteiger partial charge < -0.3 is 5.73 Å². The summed E-state index contributed by atoms with van der Waals surface area (Å²) in [4.78, 5) is 11.9. The Hall–Kier alpha value is -2.06. The van der Waals surface area contributed by atoms with Crippen LogP contribution in [0.15, 0.2) is 35.5 Å². The number of rotatable bonds is 4. The number of nitrogen functional groups attached to an aromatic ring is 1. The van der Waals surface area contributed by atoms with Gasteiger partial charge in [-0.05, 0) is 5.56 Å². The van der Waals surface area contributed by atoms with Crippen molar-refractivity contribution >= 4 is 23.6 Å². The van der Waals surface area contributed by atoms with E-state index in [1.54, 1.807) is 11.6 Å². The van der Waals surface area contributed by atoms with Crippen LogP contribution >= 0.6 is 11.8 Å². The first-order valence-electron chi connectivity index (χ1n) is 5.50. The number of benzene rings is 1. The lowest BCUT2D eigenvalue weighted by Gasteiger charge is -2.14. The average Bonchev–Trinajstić information content (AvgIpc) is 2.76. The fourth-order valence-corrected chi connectivity index (χ4v) is 2.53. The van der Waals surface area contributed by atoms with Gasteiger partial charge in [0.25, 0.3) is 5.91 Å². The molecule has 0 fully saturated rings. The van der Waals surface area contributed by atoms with Gasteiger partial charge in [-0.1, -0.05) is 42.1 Å². The van der Waals surface area contributed by atoms with Crippen LogP contribution in [0.5, 0.6) is 0 Å². The number of nitrogens with two attached hydrogens (primary N) is 2. The van der Waals surface area contributed by atoms with Crippen LogP contribution in [-0.4, -0.2) is 20.7 Å². The molecule has 1 atom stereocenters. The van der Waals surface area contributed by atoms with Crippen molar-refractivity contribution in [3.63, 3.8) is 0 Å². The van der Waals surface area contributed by atoms with Gasteiger partial charge in [0.15, 0.2) is 5.16 Å². The maximum atomic E-state index is 11.9. The molecule has 19 heavy (non-hydrogen) atoms. The Morgan fingerprint density at radius 1 is 1.37 bits per heavy atom. The minimum absolute atomic E-state index is 0.294. The van der Waals surface area contributed by atoms with E-state index in [1.165, 1.54) is 11.8 Å². The van der Waals surface area contributed by atoms with Crippen LogP contribution in [0.4, 0.5) is 5.95 Å². The summed E-state index contributed by atoms with van der Waals surface area (Å²) in [7, 11) is 1.74. The summed E-state index contributed by atoms with van der Waals surface area (Å²) in [5.41, 5.74) is 8.61. The minimum atomic E-state index is -0.506. The molecule has 2 rings (SSSR count). The first-order valence-corrected chi connectivity index (χ1v) is 6.38. The third-order valence-corrected chi connectivity index (χ3v) is 3.86. The Morgan fingerprint density at radius 3 is 2.58 bits per heavy atom. The number of amides is 1. The van der Waals surface area contributed by atoms with Gasteiger partial charge in [-0.25, -0.2) is 5.84 Å². The van der Waals surface area contributed by atoms with Crippen molar-refractivity contribution in [2.45, 2.75) is 10.4 Å². The van der Waals surface area contributed by atoms with Crippen molar-refractivity contribution in [3.8, 4) is 0 Å². The molecule has 0 aliphatic rings. The van der Waals surface area contributed by atoms with Crippen molar-refractivity contribution in [1.82, 2.24) is 20.2 Å². The van der Waals surface area contributed by atoms with Crippen LogP contribution in [0, 0.1) is 0 Å². The molecule has 1 amide bonds. The molecule has 0 aliphatic carbocycles. The molecule has 1 aromatic heterocycles. The molecule has 1 aromatic carbocycles. The Balaban J connectivity index is 2.30. The minimum Gasteiger partial charge on any atom is -0.368 e. The third-order valence-electron chi connectivity index (χ3n) is 2.57. The van der Waals surface area contributed by atoms with E-state index < -0.39 is 5.25 Å². The highest BCUT2D eigenvalue weighted by atomic mass is 32.2. The van der Waals surface area contributed by atoms with Gasteiger partial charge in [-0.3, -0.25) is 14.8 Å². The van der Waals surface area contributed by atoms with E-state index in [0.717, 1.165) is 5.56 Å². The van der Waals surface area contributed by atoms with Crippen molar-refractivity contribution in [2.75, 3.05) is 5.73 Å². The van der Waals surface area contributed by atoms with Crippen molar-refractivity contribution in [1.29, 1.82) is 0 Å². The predicted octanol–water partition coefficient (Wildman–Crippen LogP) is 0.221. The van der Waals surface area contributed by atoms with Crippen molar-refractivity contribution < 1.29 is 4.79 Å². The zero-order valence-corrected chi connectivity index (χ0v) is 11.1. The quantitative estimate of drug-likeness (QED) is 0.319. The van der Waals surface area contributed by atoms with Gasteiger partial charge in [0, 0.05) is 7.05 Å². The Kier molecular flexibility index (Phi) is 4.03. The van der Waals surface area contributed by atoms with Gasteiger partial charge in [-0.15, -0.1) is 10.2 Å². The lowest BCUT2D eigenvalue weighted by molar-refractivity contribution is -0.120. The standard InChI is InChI=1S/C11H14N6OS/c1-17-10(12)15-16-11(17)19-8(9(18)14-13)7-5-3-2-4-6-7/h2-6,8H,13H2,1H3,(H2,12,15)(H,14,18). The number of nitrogens with one attached hydrogen (secondary N) is 1. The molecule has 100 valence electrons. The Morgan fingerprint density at radius 2 is 2.05 bits per heavy atom. The molecule has 0 radical (unpaired) electrons. The molecule has 1 heterocycles. The third kappa shape index (κ3) is 2.85. The largest absolute Gasteiger partial charge is 0.368 e. The van der Waals surface area contributed by atoms with Gasteiger partial charge in [0.05, 0.1) is 0 Å². The number of hydrazine groups is 1. The number of carbonyl (C=O) groups excluding carboxylic acids is 1. The molecule has 0 saturated heterocycles. The summed E-state index contributed by atoms with van der Waals surface area (Å²) in [6.07, 6.45) is 0. The second-order valence-corrected chi connectivity index (χ2v) is 4.89. The zero-order chi connectivity index (χ0) is 13.8. The fourth-order valence-electron chi connectivity index (χ4n) is 1.51. The second kappa shape index (κ2) is 5.72. The summed E-state index contributed by atoms with van der Waals surface area (Å²) >= 11 is 1.24. The maximum Gasteiger partial charge on any atom is 0.251 e. The monoisotopic (exact) mass is 278 g/mol. The first kappa shape index (κ1) is 13.4. The van der Waals surface area contributed by atoms with E-state index in [9.17, 15) is 4.79 Å². The molecule has 0 bridgehead atoms. The Bertz CT molecular complexity index is 570. The highest BCUT2D eigenvalue weighted by Crippen LogP contribution is 2.34. The molecule has 0 spiro atoms. The molecular weight excluding hydrogens is 264 g/mol. The van der Waals surface area contributed by atoms with Crippen LogP contribution in [-0.2, 0) is 11.8 Å². The van der Waals surface area contributed by atoms with Crippen LogP contribution in [0.2, 0.25) is 0 Å². The molecular formula is C11H14N6OS. The molecule has 1 unspecified atom stereocenters. The van der Waals surface area contributed by atoms with E-state index in [-0.39, 0.29) is 5.91 Å². The number of anilines is 1. The molecule has 2 aromatic rings.